The second kappa shape index (κ2) is 5.86. The van der Waals surface area contributed by atoms with Gasteiger partial charge >= 0.3 is 0 Å². The van der Waals surface area contributed by atoms with Crippen LogP contribution >= 0.6 is 11.6 Å². The second-order valence-corrected chi connectivity index (χ2v) is 5.69. The lowest BCUT2D eigenvalue weighted by molar-refractivity contribution is 0.726. The molecular weight excluding hydrogens is 268 g/mol. The summed E-state index contributed by atoms with van der Waals surface area (Å²) < 4.78 is 0. The number of anilines is 1. The van der Waals surface area contributed by atoms with E-state index in [9.17, 15) is 0 Å². The molecule has 0 radical (unpaired) electrons. The van der Waals surface area contributed by atoms with Gasteiger partial charge < -0.3 is 10.6 Å². The molecule has 1 aliphatic rings. The van der Waals surface area contributed by atoms with E-state index >= 15 is 0 Å². The number of benzene rings is 2. The summed E-state index contributed by atoms with van der Waals surface area (Å²) >= 11 is 6.18. The summed E-state index contributed by atoms with van der Waals surface area (Å²) in [7, 11) is 0. The molecule has 0 unspecified atom stereocenters. The molecule has 0 saturated carbocycles. The molecule has 0 aromatic heterocycles. The summed E-state index contributed by atoms with van der Waals surface area (Å²) in [6.07, 6.45) is 1.98. The van der Waals surface area contributed by atoms with Gasteiger partial charge in [-0.15, -0.1) is 0 Å². The third kappa shape index (κ3) is 2.67. The zero-order chi connectivity index (χ0) is 13.9. The largest absolute Gasteiger partial charge is 0.367 e. The number of rotatable bonds is 3. The van der Waals surface area contributed by atoms with Crippen LogP contribution in [-0.2, 0) is 19.4 Å². The van der Waals surface area contributed by atoms with Crippen LogP contribution < -0.4 is 10.6 Å². The molecule has 1 heterocycles. The number of halogens is 1. The fraction of sp³-hybridized carbons (Fsp3) is 0.294. The van der Waals surface area contributed by atoms with E-state index in [1.54, 1.807) is 0 Å². The van der Waals surface area contributed by atoms with E-state index in [4.69, 9.17) is 17.3 Å². The molecule has 20 heavy (non-hydrogen) atoms. The van der Waals surface area contributed by atoms with Crippen molar-refractivity contribution in [3.63, 3.8) is 0 Å². The molecule has 3 rings (SSSR count). The van der Waals surface area contributed by atoms with Crippen LogP contribution in [0.25, 0.3) is 0 Å². The second-order valence-electron chi connectivity index (χ2n) is 5.25. The smallest absolute Gasteiger partial charge is 0.0432 e. The van der Waals surface area contributed by atoms with E-state index < -0.39 is 0 Å². The topological polar surface area (TPSA) is 29.3 Å². The van der Waals surface area contributed by atoms with Crippen molar-refractivity contribution >= 4 is 17.3 Å². The average Bonchev–Trinajstić information content (AvgIpc) is 2.49. The van der Waals surface area contributed by atoms with Gasteiger partial charge in [0.25, 0.3) is 0 Å². The number of hydrogen-bond acceptors (Lipinski definition) is 2. The quantitative estimate of drug-likeness (QED) is 0.937. The van der Waals surface area contributed by atoms with Crippen molar-refractivity contribution in [2.24, 2.45) is 5.73 Å². The molecule has 0 aliphatic carbocycles. The van der Waals surface area contributed by atoms with Crippen molar-refractivity contribution in [2.75, 3.05) is 18.0 Å². The van der Waals surface area contributed by atoms with E-state index in [0.29, 0.717) is 6.54 Å². The van der Waals surface area contributed by atoms with Gasteiger partial charge in [0.1, 0.15) is 0 Å². The Bertz CT molecular complexity index is 610. The maximum absolute atomic E-state index is 6.18. The number of nitrogens with two attached hydrogens (primary N) is 1. The maximum Gasteiger partial charge on any atom is 0.0432 e. The van der Waals surface area contributed by atoms with Gasteiger partial charge in [0, 0.05) is 23.8 Å². The Hall–Kier alpha value is -1.51. The Balaban J connectivity index is 1.92. The number of hydrogen-bond donors (Lipinski definition) is 1. The minimum Gasteiger partial charge on any atom is -0.367 e. The molecule has 0 spiro atoms. The Morgan fingerprint density at radius 1 is 1.10 bits per heavy atom. The van der Waals surface area contributed by atoms with Crippen LogP contribution in [0.2, 0.25) is 5.02 Å². The van der Waals surface area contributed by atoms with Crippen molar-refractivity contribution in [3.8, 4) is 0 Å². The molecular formula is C17H19ClN2. The van der Waals surface area contributed by atoms with Crippen LogP contribution in [0.4, 0.5) is 5.69 Å². The summed E-state index contributed by atoms with van der Waals surface area (Å²) in [6, 6.07) is 14.8. The monoisotopic (exact) mass is 286 g/mol. The van der Waals surface area contributed by atoms with Crippen LogP contribution in [0.15, 0.2) is 42.5 Å². The van der Waals surface area contributed by atoms with E-state index in [2.05, 4.69) is 41.3 Å². The SMILES string of the molecule is NCCc1ccc(Cl)cc1N1CCc2ccccc2C1. The highest BCUT2D eigenvalue weighted by molar-refractivity contribution is 6.30. The van der Waals surface area contributed by atoms with Crippen molar-refractivity contribution in [2.45, 2.75) is 19.4 Å². The van der Waals surface area contributed by atoms with Crippen molar-refractivity contribution in [1.29, 1.82) is 0 Å². The molecule has 104 valence electrons. The molecule has 2 nitrogen and oxygen atoms in total. The Labute approximate surface area is 125 Å². The van der Waals surface area contributed by atoms with E-state index in [0.717, 1.165) is 31.0 Å². The fourth-order valence-corrected chi connectivity index (χ4v) is 3.07. The molecule has 2 N–H and O–H groups in total. The van der Waals surface area contributed by atoms with Gasteiger partial charge in [0.2, 0.25) is 0 Å². The van der Waals surface area contributed by atoms with Crippen molar-refractivity contribution < 1.29 is 0 Å². The van der Waals surface area contributed by atoms with Crippen LogP contribution in [0.3, 0.4) is 0 Å². The van der Waals surface area contributed by atoms with Gasteiger partial charge in [-0.05, 0) is 48.2 Å². The normalized spacial score (nSPS) is 14.2. The van der Waals surface area contributed by atoms with E-state index in [1.165, 1.54) is 22.4 Å². The molecule has 0 saturated heterocycles. The molecule has 1 aliphatic heterocycles. The van der Waals surface area contributed by atoms with Gasteiger partial charge in [-0.2, -0.15) is 0 Å². The first-order valence-corrected chi connectivity index (χ1v) is 7.46. The summed E-state index contributed by atoms with van der Waals surface area (Å²) in [5.74, 6) is 0. The van der Waals surface area contributed by atoms with E-state index in [-0.39, 0.29) is 0 Å². The van der Waals surface area contributed by atoms with Crippen molar-refractivity contribution in [3.05, 3.63) is 64.2 Å². The van der Waals surface area contributed by atoms with Gasteiger partial charge in [0.05, 0.1) is 0 Å². The zero-order valence-electron chi connectivity index (χ0n) is 11.5. The van der Waals surface area contributed by atoms with Crippen molar-refractivity contribution in [1.82, 2.24) is 0 Å². The summed E-state index contributed by atoms with van der Waals surface area (Å²) in [5, 5.41) is 0.791. The number of nitrogens with zero attached hydrogens (tertiary/aromatic N) is 1. The highest BCUT2D eigenvalue weighted by Crippen LogP contribution is 2.30. The lowest BCUT2D eigenvalue weighted by Crippen LogP contribution is -2.31. The molecule has 0 fully saturated rings. The molecule has 0 bridgehead atoms. The van der Waals surface area contributed by atoms with Crippen LogP contribution in [0.5, 0.6) is 0 Å². The van der Waals surface area contributed by atoms with E-state index in [1.807, 2.05) is 6.07 Å². The van der Waals surface area contributed by atoms with Crippen LogP contribution in [-0.4, -0.2) is 13.1 Å². The summed E-state index contributed by atoms with van der Waals surface area (Å²) in [5.41, 5.74) is 11.1. The van der Waals surface area contributed by atoms with Gasteiger partial charge in [-0.3, -0.25) is 0 Å². The van der Waals surface area contributed by atoms with Crippen LogP contribution in [0, 0.1) is 0 Å². The first kappa shape index (κ1) is 13.5. The first-order chi connectivity index (χ1) is 9.78. The highest BCUT2D eigenvalue weighted by atomic mass is 35.5. The summed E-state index contributed by atoms with van der Waals surface area (Å²) in [6.45, 7) is 2.65. The Morgan fingerprint density at radius 3 is 2.70 bits per heavy atom. The Kier molecular flexibility index (Phi) is 3.95. The van der Waals surface area contributed by atoms with Gasteiger partial charge in [0.15, 0.2) is 0 Å². The highest BCUT2D eigenvalue weighted by Gasteiger charge is 2.18. The number of fused-ring (bicyclic) bond motifs is 1. The lowest BCUT2D eigenvalue weighted by Gasteiger charge is -2.32. The van der Waals surface area contributed by atoms with Crippen LogP contribution in [0.1, 0.15) is 16.7 Å². The molecule has 0 amide bonds. The third-order valence-corrected chi connectivity index (χ3v) is 4.17. The zero-order valence-corrected chi connectivity index (χ0v) is 12.2. The summed E-state index contributed by atoms with van der Waals surface area (Å²) in [4.78, 5) is 2.42. The predicted octanol–water partition coefficient (Wildman–Crippen LogP) is 3.40. The van der Waals surface area contributed by atoms with Gasteiger partial charge in [-0.1, -0.05) is 41.9 Å². The minimum absolute atomic E-state index is 0.666. The minimum atomic E-state index is 0.666. The maximum atomic E-state index is 6.18. The molecule has 2 aromatic carbocycles. The lowest BCUT2D eigenvalue weighted by atomic mass is 9.98. The predicted molar refractivity (Wildman–Crippen MR) is 85.4 cm³/mol. The van der Waals surface area contributed by atoms with Gasteiger partial charge in [-0.25, -0.2) is 0 Å². The Morgan fingerprint density at radius 2 is 1.90 bits per heavy atom. The standard InChI is InChI=1S/C17H19ClN2/c18-16-6-5-14(7-9-19)17(11-16)20-10-8-13-3-1-2-4-15(13)12-20/h1-6,11H,7-10,12,19H2. The average molecular weight is 287 g/mol. The molecule has 3 heteroatoms. The fourth-order valence-electron chi connectivity index (χ4n) is 2.90. The third-order valence-electron chi connectivity index (χ3n) is 3.93. The first-order valence-electron chi connectivity index (χ1n) is 7.08. The molecule has 2 aromatic rings. The molecule has 0 atom stereocenters.